The average Bonchev–Trinajstić information content (AvgIpc) is 2.90. The molecule has 1 saturated heterocycles. The second-order valence-electron chi connectivity index (χ2n) is 4.72. The van der Waals surface area contributed by atoms with Crippen LogP contribution in [-0.4, -0.2) is 41.5 Å². The van der Waals surface area contributed by atoms with Gasteiger partial charge in [-0.2, -0.15) is 0 Å². The molecule has 0 atom stereocenters. The SMILES string of the molecule is CC1CCN(C(=O)COC(=O)c2ccc[nH]2)CC1. The van der Waals surface area contributed by atoms with Crippen molar-refractivity contribution in [1.82, 2.24) is 9.88 Å². The van der Waals surface area contributed by atoms with Crippen LogP contribution in [-0.2, 0) is 9.53 Å². The van der Waals surface area contributed by atoms with Gasteiger partial charge in [0.1, 0.15) is 5.69 Å². The fraction of sp³-hybridized carbons (Fsp3) is 0.538. The Morgan fingerprint density at radius 2 is 2.17 bits per heavy atom. The maximum absolute atomic E-state index is 11.8. The van der Waals surface area contributed by atoms with E-state index < -0.39 is 5.97 Å². The molecule has 0 bridgehead atoms. The predicted octanol–water partition coefficient (Wildman–Crippen LogP) is 1.43. The number of hydrogen-bond acceptors (Lipinski definition) is 3. The van der Waals surface area contributed by atoms with E-state index in [4.69, 9.17) is 4.74 Å². The van der Waals surface area contributed by atoms with E-state index in [9.17, 15) is 9.59 Å². The second kappa shape index (κ2) is 5.71. The van der Waals surface area contributed by atoms with Crippen molar-refractivity contribution >= 4 is 11.9 Å². The molecule has 2 heterocycles. The number of rotatable bonds is 3. The molecule has 2 rings (SSSR count). The van der Waals surface area contributed by atoms with Gasteiger partial charge in [-0.1, -0.05) is 6.92 Å². The molecule has 1 fully saturated rings. The fourth-order valence-electron chi connectivity index (χ4n) is 2.01. The van der Waals surface area contributed by atoms with Crippen molar-refractivity contribution < 1.29 is 14.3 Å². The molecule has 0 radical (unpaired) electrons. The molecule has 1 aliphatic heterocycles. The quantitative estimate of drug-likeness (QED) is 0.825. The van der Waals surface area contributed by atoms with Crippen LogP contribution in [0.3, 0.4) is 0 Å². The highest BCUT2D eigenvalue weighted by Gasteiger charge is 2.21. The van der Waals surface area contributed by atoms with Gasteiger partial charge in [0.2, 0.25) is 0 Å². The Bertz CT molecular complexity index is 406. The molecule has 0 saturated carbocycles. The Labute approximate surface area is 106 Å². The highest BCUT2D eigenvalue weighted by atomic mass is 16.5. The third kappa shape index (κ3) is 3.12. The lowest BCUT2D eigenvalue weighted by Gasteiger charge is -2.30. The normalized spacial score (nSPS) is 16.6. The number of aromatic amines is 1. The first kappa shape index (κ1) is 12.7. The van der Waals surface area contributed by atoms with E-state index in [1.54, 1.807) is 23.2 Å². The highest BCUT2D eigenvalue weighted by Crippen LogP contribution is 2.15. The average molecular weight is 250 g/mol. The lowest BCUT2D eigenvalue weighted by Crippen LogP contribution is -2.40. The summed E-state index contributed by atoms with van der Waals surface area (Å²) in [6, 6.07) is 3.33. The Morgan fingerprint density at radius 1 is 1.44 bits per heavy atom. The zero-order valence-corrected chi connectivity index (χ0v) is 10.5. The summed E-state index contributed by atoms with van der Waals surface area (Å²) < 4.78 is 4.97. The number of nitrogens with zero attached hydrogens (tertiary/aromatic N) is 1. The topological polar surface area (TPSA) is 62.4 Å². The molecular formula is C13H18N2O3. The van der Waals surface area contributed by atoms with Gasteiger partial charge in [0, 0.05) is 19.3 Å². The molecule has 98 valence electrons. The molecule has 1 amide bonds. The molecule has 1 aromatic heterocycles. The van der Waals surface area contributed by atoms with Crippen molar-refractivity contribution in [3.05, 3.63) is 24.0 Å². The molecule has 5 heteroatoms. The number of nitrogens with one attached hydrogen (secondary N) is 1. The van der Waals surface area contributed by atoms with Crippen LogP contribution in [0, 0.1) is 5.92 Å². The number of H-pyrrole nitrogens is 1. The summed E-state index contributed by atoms with van der Waals surface area (Å²) in [4.78, 5) is 27.9. The molecule has 0 aliphatic carbocycles. The van der Waals surface area contributed by atoms with Crippen LogP contribution in [0.2, 0.25) is 0 Å². The number of likely N-dealkylation sites (tertiary alicyclic amines) is 1. The molecule has 1 N–H and O–H groups in total. The van der Waals surface area contributed by atoms with E-state index in [2.05, 4.69) is 11.9 Å². The van der Waals surface area contributed by atoms with E-state index >= 15 is 0 Å². The highest BCUT2D eigenvalue weighted by molar-refractivity contribution is 5.89. The van der Waals surface area contributed by atoms with E-state index in [0.717, 1.165) is 25.9 Å². The smallest absolute Gasteiger partial charge is 0.355 e. The van der Waals surface area contributed by atoms with E-state index in [-0.39, 0.29) is 12.5 Å². The standard InChI is InChI=1S/C13H18N2O3/c1-10-4-7-15(8-5-10)12(16)9-18-13(17)11-3-2-6-14-11/h2-3,6,10,14H,4-5,7-9H2,1H3. The van der Waals surface area contributed by atoms with Crippen molar-refractivity contribution in [2.24, 2.45) is 5.92 Å². The van der Waals surface area contributed by atoms with Crippen molar-refractivity contribution in [3.8, 4) is 0 Å². The Balaban J connectivity index is 1.76. The zero-order valence-electron chi connectivity index (χ0n) is 10.5. The minimum absolute atomic E-state index is 0.109. The summed E-state index contributed by atoms with van der Waals surface area (Å²) in [5, 5.41) is 0. The molecule has 0 unspecified atom stereocenters. The minimum Gasteiger partial charge on any atom is -0.451 e. The van der Waals surface area contributed by atoms with Gasteiger partial charge in [0.25, 0.3) is 5.91 Å². The Kier molecular flexibility index (Phi) is 4.02. The number of esters is 1. The van der Waals surface area contributed by atoms with Gasteiger partial charge in [0.15, 0.2) is 6.61 Å². The monoisotopic (exact) mass is 250 g/mol. The van der Waals surface area contributed by atoms with Gasteiger partial charge < -0.3 is 14.6 Å². The Hall–Kier alpha value is -1.78. The Morgan fingerprint density at radius 3 is 2.78 bits per heavy atom. The van der Waals surface area contributed by atoms with Crippen LogP contribution in [0.1, 0.15) is 30.3 Å². The van der Waals surface area contributed by atoms with Crippen LogP contribution in [0.25, 0.3) is 0 Å². The summed E-state index contributed by atoms with van der Waals surface area (Å²) >= 11 is 0. The van der Waals surface area contributed by atoms with Crippen molar-refractivity contribution in [3.63, 3.8) is 0 Å². The lowest BCUT2D eigenvalue weighted by atomic mass is 9.99. The predicted molar refractivity (Wildman–Crippen MR) is 66.1 cm³/mol. The van der Waals surface area contributed by atoms with Crippen LogP contribution >= 0.6 is 0 Å². The maximum atomic E-state index is 11.8. The van der Waals surface area contributed by atoms with Gasteiger partial charge in [-0.05, 0) is 30.9 Å². The van der Waals surface area contributed by atoms with Crippen LogP contribution < -0.4 is 0 Å². The van der Waals surface area contributed by atoms with Crippen LogP contribution in [0.15, 0.2) is 18.3 Å². The summed E-state index contributed by atoms with van der Waals surface area (Å²) in [5.74, 6) is 0.0797. The molecule has 5 nitrogen and oxygen atoms in total. The van der Waals surface area contributed by atoms with E-state index in [0.29, 0.717) is 11.6 Å². The molecule has 0 aromatic carbocycles. The number of piperidine rings is 1. The number of carbonyl (C=O) groups is 2. The number of aromatic nitrogens is 1. The van der Waals surface area contributed by atoms with Gasteiger partial charge >= 0.3 is 5.97 Å². The van der Waals surface area contributed by atoms with Gasteiger partial charge in [0.05, 0.1) is 0 Å². The maximum Gasteiger partial charge on any atom is 0.355 e. The number of hydrogen-bond donors (Lipinski definition) is 1. The first-order valence-corrected chi connectivity index (χ1v) is 6.25. The second-order valence-corrected chi connectivity index (χ2v) is 4.72. The van der Waals surface area contributed by atoms with Crippen molar-refractivity contribution in [2.45, 2.75) is 19.8 Å². The van der Waals surface area contributed by atoms with Crippen LogP contribution in [0.4, 0.5) is 0 Å². The summed E-state index contributed by atoms with van der Waals surface area (Å²) in [6.07, 6.45) is 3.69. The van der Waals surface area contributed by atoms with E-state index in [1.807, 2.05) is 0 Å². The van der Waals surface area contributed by atoms with Gasteiger partial charge in [-0.25, -0.2) is 4.79 Å². The number of ether oxygens (including phenoxy) is 1. The fourth-order valence-corrected chi connectivity index (χ4v) is 2.01. The molecular weight excluding hydrogens is 232 g/mol. The van der Waals surface area contributed by atoms with E-state index in [1.165, 1.54) is 0 Å². The summed E-state index contributed by atoms with van der Waals surface area (Å²) in [6.45, 7) is 3.54. The summed E-state index contributed by atoms with van der Waals surface area (Å²) in [7, 11) is 0. The summed E-state index contributed by atoms with van der Waals surface area (Å²) in [5.41, 5.74) is 0.370. The largest absolute Gasteiger partial charge is 0.451 e. The van der Waals surface area contributed by atoms with Gasteiger partial charge in [-0.3, -0.25) is 4.79 Å². The lowest BCUT2D eigenvalue weighted by molar-refractivity contribution is -0.135. The molecule has 0 spiro atoms. The third-order valence-electron chi connectivity index (χ3n) is 3.28. The number of amides is 1. The first-order chi connectivity index (χ1) is 8.66. The van der Waals surface area contributed by atoms with Crippen molar-refractivity contribution in [1.29, 1.82) is 0 Å². The first-order valence-electron chi connectivity index (χ1n) is 6.25. The number of carbonyl (C=O) groups excluding carboxylic acids is 2. The molecule has 18 heavy (non-hydrogen) atoms. The van der Waals surface area contributed by atoms with Crippen LogP contribution in [0.5, 0.6) is 0 Å². The molecule has 1 aromatic rings. The molecule has 1 aliphatic rings. The van der Waals surface area contributed by atoms with Gasteiger partial charge in [-0.15, -0.1) is 0 Å². The third-order valence-corrected chi connectivity index (χ3v) is 3.28. The zero-order chi connectivity index (χ0) is 13.0. The minimum atomic E-state index is -0.487. The van der Waals surface area contributed by atoms with Crippen molar-refractivity contribution in [2.75, 3.05) is 19.7 Å².